The number of fused-ring (bicyclic) bond motifs is 4. The van der Waals surface area contributed by atoms with Gasteiger partial charge in [-0.15, -0.1) is 0 Å². The summed E-state index contributed by atoms with van der Waals surface area (Å²) in [6.45, 7) is 2.75. The van der Waals surface area contributed by atoms with E-state index in [0.717, 1.165) is 31.2 Å². The molecule has 158 valence electrons. The van der Waals surface area contributed by atoms with Crippen molar-refractivity contribution >= 4 is 11.8 Å². The molecule has 0 spiro atoms. The molecule has 1 fully saturated rings. The summed E-state index contributed by atoms with van der Waals surface area (Å²) in [4.78, 5) is 39.8. The molecule has 0 unspecified atom stereocenters. The van der Waals surface area contributed by atoms with E-state index in [9.17, 15) is 23.9 Å². The van der Waals surface area contributed by atoms with Gasteiger partial charge in [0.15, 0.2) is 11.4 Å². The number of aryl methyl sites for hydroxylation is 1. The first kappa shape index (κ1) is 20.1. The van der Waals surface area contributed by atoms with Gasteiger partial charge in [0.25, 0.3) is 11.8 Å². The topological polar surface area (TPSA) is 91.6 Å². The molecule has 0 aliphatic carbocycles. The average Bonchev–Trinajstić information content (AvgIpc) is 2.68. The zero-order valence-corrected chi connectivity index (χ0v) is 16.8. The molecule has 0 saturated carbocycles. The van der Waals surface area contributed by atoms with E-state index in [4.69, 9.17) is 0 Å². The van der Waals surface area contributed by atoms with Crippen LogP contribution in [-0.4, -0.2) is 39.5 Å². The molecule has 2 aromatic rings. The molecule has 1 saturated heterocycles. The number of pyridine rings is 1. The Bertz CT molecular complexity index is 1080. The lowest BCUT2D eigenvalue weighted by atomic mass is 9.99. The number of carbonyl (C=O) groups excluding carboxylic acids is 2. The molecule has 4 rings (SSSR count). The van der Waals surface area contributed by atoms with E-state index in [1.165, 1.54) is 12.3 Å². The zero-order valence-electron chi connectivity index (χ0n) is 16.8. The van der Waals surface area contributed by atoms with Crippen LogP contribution in [0.5, 0.6) is 5.75 Å². The second-order valence-corrected chi connectivity index (χ2v) is 8.01. The van der Waals surface area contributed by atoms with E-state index < -0.39 is 28.8 Å². The van der Waals surface area contributed by atoms with Crippen LogP contribution >= 0.6 is 0 Å². The van der Waals surface area contributed by atoms with E-state index in [1.54, 1.807) is 28.5 Å². The maximum Gasteiger partial charge on any atom is 0.274 e. The number of rotatable bonds is 3. The van der Waals surface area contributed by atoms with Crippen LogP contribution in [0.25, 0.3) is 0 Å². The van der Waals surface area contributed by atoms with E-state index in [-0.39, 0.29) is 23.8 Å². The largest absolute Gasteiger partial charge is 0.503 e. The predicted octanol–water partition coefficient (Wildman–Crippen LogP) is 2.50. The lowest BCUT2D eigenvalue weighted by Gasteiger charge is -2.38. The molecule has 8 heteroatoms. The molecule has 0 radical (unpaired) electrons. The fourth-order valence-electron chi connectivity index (χ4n) is 4.21. The van der Waals surface area contributed by atoms with Gasteiger partial charge in [0, 0.05) is 31.4 Å². The molecule has 1 aromatic heterocycles. The fraction of sp³-hybridized carbons (Fsp3) is 0.409. The minimum Gasteiger partial charge on any atom is -0.503 e. The van der Waals surface area contributed by atoms with Crippen molar-refractivity contribution < 1.29 is 19.1 Å². The Kier molecular flexibility index (Phi) is 5.32. The number of aromatic hydroxyl groups is 1. The lowest BCUT2D eigenvalue weighted by molar-refractivity contribution is 0.0631. The zero-order chi connectivity index (χ0) is 21.4. The van der Waals surface area contributed by atoms with Crippen LogP contribution in [0, 0.1) is 12.7 Å². The monoisotopic (exact) mass is 413 g/mol. The van der Waals surface area contributed by atoms with E-state index in [2.05, 4.69) is 5.32 Å². The molecular weight excluding hydrogens is 389 g/mol. The molecular formula is C22H24FN3O4. The molecule has 1 atom stereocenters. The summed E-state index contributed by atoms with van der Waals surface area (Å²) in [5.41, 5.74) is -0.152. The van der Waals surface area contributed by atoms with Crippen molar-refractivity contribution in [3.63, 3.8) is 0 Å². The van der Waals surface area contributed by atoms with Gasteiger partial charge in [-0.3, -0.25) is 14.4 Å². The minimum absolute atomic E-state index is 0.0562. The number of hydrogen-bond acceptors (Lipinski definition) is 4. The lowest BCUT2D eigenvalue weighted by Crippen LogP contribution is -2.46. The summed E-state index contributed by atoms with van der Waals surface area (Å²) in [5.74, 6) is -2.26. The van der Waals surface area contributed by atoms with Crippen LogP contribution in [0.2, 0.25) is 0 Å². The highest BCUT2D eigenvalue weighted by molar-refractivity contribution is 5.99. The molecule has 2 aliphatic heterocycles. The summed E-state index contributed by atoms with van der Waals surface area (Å²) in [7, 11) is 0. The van der Waals surface area contributed by atoms with E-state index in [0.29, 0.717) is 18.7 Å². The summed E-state index contributed by atoms with van der Waals surface area (Å²) >= 11 is 0. The Morgan fingerprint density at radius 2 is 2.07 bits per heavy atom. The number of nitrogens with zero attached hydrogens (tertiary/aromatic N) is 2. The third kappa shape index (κ3) is 3.58. The van der Waals surface area contributed by atoms with Crippen molar-refractivity contribution in [2.75, 3.05) is 13.1 Å². The first-order valence-electron chi connectivity index (χ1n) is 10.2. The molecule has 2 bridgehead atoms. The number of carbonyl (C=O) groups is 2. The van der Waals surface area contributed by atoms with Crippen LogP contribution < -0.4 is 10.7 Å². The number of amides is 2. The van der Waals surface area contributed by atoms with Gasteiger partial charge in [0.2, 0.25) is 5.43 Å². The smallest absolute Gasteiger partial charge is 0.274 e. The molecule has 30 heavy (non-hydrogen) atoms. The minimum atomic E-state index is -0.894. The first-order chi connectivity index (χ1) is 14.4. The summed E-state index contributed by atoms with van der Waals surface area (Å²) in [5, 5.41) is 13.0. The summed E-state index contributed by atoms with van der Waals surface area (Å²) < 4.78 is 15.6. The van der Waals surface area contributed by atoms with Crippen LogP contribution in [-0.2, 0) is 6.54 Å². The average molecular weight is 413 g/mol. The molecule has 1 aromatic carbocycles. The summed E-state index contributed by atoms with van der Waals surface area (Å²) in [6.07, 6.45) is 5.00. The Labute approximate surface area is 173 Å². The summed E-state index contributed by atoms with van der Waals surface area (Å²) in [6, 6.07) is 4.57. The van der Waals surface area contributed by atoms with Crippen LogP contribution in [0.15, 0.2) is 29.2 Å². The third-order valence-corrected chi connectivity index (χ3v) is 5.88. The van der Waals surface area contributed by atoms with E-state index >= 15 is 0 Å². The van der Waals surface area contributed by atoms with Crippen molar-refractivity contribution in [1.29, 1.82) is 0 Å². The van der Waals surface area contributed by atoms with Gasteiger partial charge in [0.1, 0.15) is 11.4 Å². The van der Waals surface area contributed by atoms with Gasteiger partial charge < -0.3 is 19.9 Å². The van der Waals surface area contributed by atoms with Gasteiger partial charge in [-0.05, 0) is 31.4 Å². The van der Waals surface area contributed by atoms with Crippen molar-refractivity contribution in [3.8, 4) is 5.75 Å². The highest BCUT2D eigenvalue weighted by atomic mass is 19.1. The Balaban J connectivity index is 1.65. The Hall–Kier alpha value is -3.16. The molecule has 7 nitrogen and oxygen atoms in total. The quantitative estimate of drug-likeness (QED) is 0.809. The second kappa shape index (κ2) is 7.93. The van der Waals surface area contributed by atoms with E-state index in [1.807, 2.05) is 0 Å². The normalized spacial score (nSPS) is 18.4. The standard InChI is InChI=1S/C22H24FN3O4/c1-13-6-7-14(17(23)9-13)10-24-21(29)16-12-26-15-5-3-2-4-8-25(11-15)22(30)18(26)20(28)19(16)27/h6-7,9,12,15,28H,2-5,8,10-11H2,1H3,(H,24,29)/t15-/m0/s1. The third-order valence-electron chi connectivity index (χ3n) is 5.88. The van der Waals surface area contributed by atoms with Gasteiger partial charge in [-0.25, -0.2) is 4.39 Å². The van der Waals surface area contributed by atoms with Gasteiger partial charge in [-0.2, -0.15) is 0 Å². The fourth-order valence-corrected chi connectivity index (χ4v) is 4.21. The number of benzene rings is 1. The predicted molar refractivity (Wildman–Crippen MR) is 108 cm³/mol. The maximum atomic E-state index is 14.0. The SMILES string of the molecule is Cc1ccc(CNC(=O)c2cn3c(c(O)c2=O)C(=O)N2CCCCC[C@H]3C2)c(F)c1. The molecule has 2 aliphatic rings. The highest BCUT2D eigenvalue weighted by Gasteiger charge is 2.35. The Morgan fingerprint density at radius 3 is 2.83 bits per heavy atom. The first-order valence-corrected chi connectivity index (χ1v) is 10.2. The van der Waals surface area contributed by atoms with Crippen molar-refractivity contribution in [2.24, 2.45) is 0 Å². The van der Waals surface area contributed by atoms with Crippen molar-refractivity contribution in [1.82, 2.24) is 14.8 Å². The number of nitrogens with one attached hydrogen (secondary N) is 1. The Morgan fingerprint density at radius 1 is 1.27 bits per heavy atom. The number of hydrogen-bond donors (Lipinski definition) is 2. The van der Waals surface area contributed by atoms with Gasteiger partial charge in [0.05, 0.1) is 6.04 Å². The van der Waals surface area contributed by atoms with Crippen molar-refractivity contribution in [2.45, 2.75) is 45.2 Å². The maximum absolute atomic E-state index is 14.0. The van der Waals surface area contributed by atoms with Gasteiger partial charge in [-0.1, -0.05) is 25.0 Å². The number of halogens is 1. The second-order valence-electron chi connectivity index (χ2n) is 8.01. The molecule has 2 N–H and O–H groups in total. The van der Waals surface area contributed by atoms with Crippen LogP contribution in [0.3, 0.4) is 0 Å². The van der Waals surface area contributed by atoms with Gasteiger partial charge >= 0.3 is 0 Å². The highest BCUT2D eigenvalue weighted by Crippen LogP contribution is 2.31. The molecule has 2 amide bonds. The van der Waals surface area contributed by atoms with Crippen LogP contribution in [0.4, 0.5) is 4.39 Å². The number of aromatic nitrogens is 1. The van der Waals surface area contributed by atoms with Crippen molar-refractivity contribution in [3.05, 3.63) is 62.8 Å². The van der Waals surface area contributed by atoms with Crippen LogP contribution in [0.1, 0.15) is 63.7 Å². The molecule has 3 heterocycles.